The highest BCUT2D eigenvalue weighted by Crippen LogP contribution is 2.49. The Balaban J connectivity index is 1.76. The van der Waals surface area contributed by atoms with Crippen LogP contribution in [0.5, 0.6) is 11.8 Å². The minimum Gasteiger partial charge on any atom is -0.505 e. The Bertz CT molecular complexity index is 2250. The van der Waals surface area contributed by atoms with Gasteiger partial charge in [0.25, 0.3) is 10.1 Å². The van der Waals surface area contributed by atoms with Gasteiger partial charge < -0.3 is 31.5 Å². The molecule has 48 heavy (non-hydrogen) atoms. The maximum Gasteiger partial charge on any atom is 0.337 e. The number of benzene rings is 4. The second-order valence-electron chi connectivity index (χ2n) is 9.32. The number of carboxylic acids is 2. The molecule has 0 amide bonds. The number of nitrogens with one attached hydrogen (secondary N) is 1. The Morgan fingerprint density at radius 3 is 2.25 bits per heavy atom. The monoisotopic (exact) mass is 697 g/mol. The number of azo groups is 1. The van der Waals surface area contributed by atoms with Crippen LogP contribution in [0.3, 0.4) is 0 Å². The van der Waals surface area contributed by atoms with Crippen molar-refractivity contribution in [3.8, 4) is 23.1 Å². The number of phenolic OH excluding ortho intramolecular Hbond substituents is 1. The molecule has 0 aliphatic rings. The van der Waals surface area contributed by atoms with Gasteiger partial charge >= 0.3 is 17.9 Å². The van der Waals surface area contributed by atoms with Gasteiger partial charge in [0, 0.05) is 5.39 Å². The van der Waals surface area contributed by atoms with Crippen molar-refractivity contribution in [3.05, 3.63) is 71.8 Å². The third-order valence-electron chi connectivity index (χ3n) is 6.42. The number of carboxylic acid groups (broad SMARTS) is 2. The first-order chi connectivity index (χ1) is 22.8. The number of aromatic carboxylic acids is 2. The lowest BCUT2D eigenvalue weighted by molar-refractivity contribution is -0.432. The van der Waals surface area contributed by atoms with Crippen LogP contribution < -0.4 is 11.1 Å². The number of para-hydroxylation sites is 1. The summed E-state index contributed by atoms with van der Waals surface area (Å²) in [6.07, 6.45) is 0. The van der Waals surface area contributed by atoms with Crippen molar-refractivity contribution in [1.82, 2.24) is 15.0 Å². The van der Waals surface area contributed by atoms with Crippen LogP contribution in [0.4, 0.5) is 28.7 Å². The second-order valence-corrected chi connectivity index (χ2v) is 11.4. The van der Waals surface area contributed by atoms with Crippen LogP contribution in [-0.2, 0) is 19.5 Å². The number of hydrogen-bond acceptors (Lipinski definition) is 17. The molecule has 0 spiro atoms. The lowest BCUT2D eigenvalue weighted by Gasteiger charge is -2.16. The molecule has 0 aliphatic carbocycles. The molecule has 0 fully saturated rings. The number of fused-ring (bicyclic) bond motifs is 1. The molecule has 0 saturated carbocycles. The van der Waals surface area contributed by atoms with Crippen molar-refractivity contribution in [2.24, 2.45) is 10.2 Å². The standard InChI is InChI=1S/C27H19N7O12S2/c28-20-18-11(9-16(47-46-45-41)21(22(18)35)34-33-15-8-4-2-6-13(15)25(38)39)10-17(48(42,43)44)19(20)23-30-26(32-27(40)31-23)29-14-7-3-1-5-12(14)24(36)37/h1-10,35,41H,28H2,(H,36,37)(H,38,39)(H,42,43,44)(H2,29,30,31,32,40). The van der Waals surface area contributed by atoms with E-state index in [1.165, 1.54) is 48.5 Å². The molecule has 0 bridgehead atoms. The van der Waals surface area contributed by atoms with E-state index >= 15 is 0 Å². The predicted molar refractivity (Wildman–Crippen MR) is 165 cm³/mol. The molecule has 21 heteroatoms. The summed E-state index contributed by atoms with van der Waals surface area (Å²) in [6, 6.07) is 12.1. The van der Waals surface area contributed by atoms with Gasteiger partial charge in [0.2, 0.25) is 5.95 Å². The Hall–Kier alpha value is -5.97. The SMILES string of the molecule is Nc1c(-c2nc(O)nc(Nc3ccccc3C(=O)O)n2)c(S(=O)(=O)O)cc2cc(SOOO)c(N=Nc3ccccc3C(=O)O)c(O)c12. The molecule has 5 rings (SSSR count). The number of phenols is 1. The molecule has 1 aromatic heterocycles. The topological polar surface area (TPSA) is 310 Å². The normalized spacial score (nSPS) is 11.6. The summed E-state index contributed by atoms with van der Waals surface area (Å²) >= 11 is 0.278. The van der Waals surface area contributed by atoms with Crippen LogP contribution in [0.25, 0.3) is 22.2 Å². The largest absolute Gasteiger partial charge is 0.505 e. The summed E-state index contributed by atoms with van der Waals surface area (Å²) < 4.78 is 39.9. The third-order valence-corrected chi connectivity index (χ3v) is 7.91. The zero-order chi connectivity index (χ0) is 34.7. The molecule has 4 aromatic carbocycles. The summed E-state index contributed by atoms with van der Waals surface area (Å²) in [7, 11) is -5.15. The van der Waals surface area contributed by atoms with E-state index in [9.17, 15) is 43.0 Å². The molecule has 1 heterocycles. The number of anilines is 3. The van der Waals surface area contributed by atoms with Gasteiger partial charge in [-0.15, -0.1) is 14.6 Å². The van der Waals surface area contributed by atoms with Gasteiger partial charge in [-0.3, -0.25) is 4.55 Å². The zero-order valence-corrected chi connectivity index (χ0v) is 25.2. The Labute approximate surface area is 271 Å². The van der Waals surface area contributed by atoms with Crippen LogP contribution in [0.1, 0.15) is 20.7 Å². The summed E-state index contributed by atoms with van der Waals surface area (Å²) in [5.74, 6) is -4.52. The van der Waals surface area contributed by atoms with Crippen molar-refractivity contribution in [2.45, 2.75) is 9.79 Å². The Kier molecular flexibility index (Phi) is 9.33. The third kappa shape index (κ3) is 6.75. The number of hydrogen-bond donors (Lipinski definition) is 8. The van der Waals surface area contributed by atoms with E-state index in [4.69, 9.17) is 11.0 Å². The molecule has 19 nitrogen and oxygen atoms in total. The van der Waals surface area contributed by atoms with Gasteiger partial charge in [-0.1, -0.05) is 29.3 Å². The summed E-state index contributed by atoms with van der Waals surface area (Å²) in [4.78, 5) is 33.7. The Morgan fingerprint density at radius 1 is 0.917 bits per heavy atom. The smallest absolute Gasteiger partial charge is 0.337 e. The predicted octanol–water partition coefficient (Wildman–Crippen LogP) is 4.92. The van der Waals surface area contributed by atoms with Crippen LogP contribution in [0.2, 0.25) is 0 Å². The highest BCUT2D eigenvalue weighted by atomic mass is 32.2. The van der Waals surface area contributed by atoms with E-state index in [0.717, 1.165) is 12.1 Å². The van der Waals surface area contributed by atoms with Gasteiger partial charge in [0.15, 0.2) is 11.6 Å². The zero-order valence-electron chi connectivity index (χ0n) is 23.5. The van der Waals surface area contributed by atoms with Crippen molar-refractivity contribution in [1.29, 1.82) is 0 Å². The maximum absolute atomic E-state index is 12.6. The lowest BCUT2D eigenvalue weighted by atomic mass is 10.0. The average Bonchev–Trinajstić information content (AvgIpc) is 3.02. The Morgan fingerprint density at radius 2 is 1.58 bits per heavy atom. The summed E-state index contributed by atoms with van der Waals surface area (Å²) in [5, 5.41) is 63.0. The van der Waals surface area contributed by atoms with E-state index in [-0.39, 0.29) is 50.2 Å². The van der Waals surface area contributed by atoms with Crippen LogP contribution in [0, 0.1) is 0 Å². The second kappa shape index (κ2) is 13.4. The number of nitrogen functional groups attached to an aromatic ring is 1. The van der Waals surface area contributed by atoms with Crippen molar-refractivity contribution >= 4 is 73.6 Å². The van der Waals surface area contributed by atoms with Crippen molar-refractivity contribution < 1.29 is 57.6 Å². The van der Waals surface area contributed by atoms with E-state index in [2.05, 4.69) is 39.9 Å². The fourth-order valence-electron chi connectivity index (χ4n) is 4.44. The van der Waals surface area contributed by atoms with Gasteiger partial charge in [-0.25, -0.2) is 14.8 Å². The van der Waals surface area contributed by atoms with Gasteiger partial charge in [0.05, 0.1) is 45.0 Å². The first-order valence-electron chi connectivity index (χ1n) is 12.8. The molecular weight excluding hydrogens is 678 g/mol. The minimum absolute atomic E-state index is 0.0146. The number of nitrogens with two attached hydrogens (primary N) is 1. The number of carbonyl (C=O) groups is 2. The minimum atomic E-state index is -5.15. The summed E-state index contributed by atoms with van der Waals surface area (Å²) in [6.45, 7) is 0. The molecule has 0 saturated heterocycles. The van der Waals surface area contributed by atoms with E-state index < -0.39 is 67.4 Å². The summed E-state index contributed by atoms with van der Waals surface area (Å²) in [5.41, 5.74) is 4.19. The molecule has 0 radical (unpaired) electrons. The van der Waals surface area contributed by atoms with Gasteiger partial charge in [-0.05, 0) is 41.8 Å². The van der Waals surface area contributed by atoms with Crippen molar-refractivity contribution in [2.75, 3.05) is 11.1 Å². The number of nitrogens with zero attached hydrogens (tertiary/aromatic N) is 5. The van der Waals surface area contributed by atoms with Crippen molar-refractivity contribution in [3.63, 3.8) is 0 Å². The average molecular weight is 698 g/mol. The van der Waals surface area contributed by atoms with Gasteiger partial charge in [-0.2, -0.15) is 23.4 Å². The van der Waals surface area contributed by atoms with Gasteiger partial charge in [0.1, 0.15) is 16.3 Å². The molecule has 0 atom stereocenters. The first kappa shape index (κ1) is 33.4. The quantitative estimate of drug-likeness (QED) is 0.0227. The molecule has 0 aliphatic heterocycles. The maximum atomic E-state index is 12.6. The number of aromatic hydroxyl groups is 2. The van der Waals surface area contributed by atoms with Crippen LogP contribution >= 0.6 is 12.0 Å². The first-order valence-corrected chi connectivity index (χ1v) is 15.0. The van der Waals surface area contributed by atoms with E-state index in [1.54, 1.807) is 0 Å². The van der Waals surface area contributed by atoms with E-state index in [0.29, 0.717) is 0 Å². The molecule has 9 N–H and O–H groups in total. The highest BCUT2D eigenvalue weighted by molar-refractivity contribution is 7.94. The van der Waals surface area contributed by atoms with E-state index in [1.807, 2.05) is 0 Å². The number of aromatic nitrogens is 3. The fourth-order valence-corrected chi connectivity index (χ4v) is 5.68. The molecule has 5 aromatic rings. The van der Waals surface area contributed by atoms with Crippen LogP contribution in [0.15, 0.2) is 80.7 Å². The molecule has 0 unspecified atom stereocenters. The number of rotatable bonds is 11. The highest BCUT2D eigenvalue weighted by Gasteiger charge is 2.28. The fraction of sp³-hybridized carbons (Fsp3) is 0. The lowest BCUT2D eigenvalue weighted by Crippen LogP contribution is -2.09. The molecule has 246 valence electrons. The van der Waals surface area contributed by atoms with Crippen LogP contribution in [-0.4, -0.2) is 65.5 Å². The molecular formula is C27H19N7O12S2.